The number of aromatic nitrogens is 2. The molecule has 0 amide bonds. The normalized spacial score (nSPS) is 17.8. The van der Waals surface area contributed by atoms with Gasteiger partial charge in [-0.2, -0.15) is 0 Å². The van der Waals surface area contributed by atoms with E-state index in [-0.39, 0.29) is 0 Å². The zero-order valence-corrected chi connectivity index (χ0v) is 16.3. The van der Waals surface area contributed by atoms with Gasteiger partial charge in [-0.05, 0) is 52.8 Å². The zero-order chi connectivity index (χ0) is 15.6. The lowest BCUT2D eigenvalue weighted by Crippen LogP contribution is -2.30. The Labute approximate surface area is 150 Å². The largest absolute Gasteiger partial charge is 0.380 e. The van der Waals surface area contributed by atoms with Crippen molar-refractivity contribution in [2.75, 3.05) is 30.9 Å². The first-order valence-corrected chi connectivity index (χ1v) is 11.6. The number of piperidine rings is 1. The predicted octanol–water partition coefficient (Wildman–Crippen LogP) is 4.48. The molecule has 4 nitrogen and oxygen atoms in total. The van der Waals surface area contributed by atoms with Gasteiger partial charge in [0.15, 0.2) is 0 Å². The van der Waals surface area contributed by atoms with Crippen molar-refractivity contribution >= 4 is 36.1 Å². The summed E-state index contributed by atoms with van der Waals surface area (Å²) in [5, 5.41) is 0. The van der Waals surface area contributed by atoms with E-state index in [1.54, 1.807) is 7.11 Å². The van der Waals surface area contributed by atoms with Gasteiger partial charge in [-0.15, -0.1) is 0 Å². The molecule has 1 aromatic heterocycles. The van der Waals surface area contributed by atoms with E-state index in [4.69, 9.17) is 4.74 Å². The fourth-order valence-electron chi connectivity index (χ4n) is 2.46. The van der Waals surface area contributed by atoms with E-state index in [0.29, 0.717) is 6.61 Å². The third kappa shape index (κ3) is 7.00. The molecule has 1 aliphatic carbocycles. The quantitative estimate of drug-likeness (QED) is 0.616. The Morgan fingerprint density at radius 2 is 1.91 bits per heavy atom. The third-order valence-corrected chi connectivity index (χ3v) is 5.65. The molecule has 2 aliphatic rings. The highest BCUT2D eigenvalue weighted by Gasteiger charge is 2.19. The first kappa shape index (κ1) is 18.3. The second-order valence-electron chi connectivity index (χ2n) is 5.92. The standard InChI is InChI=1S/C11H17N3O.C5H9IS/c1-15-9-10-7-12-11(13-8-10)14-5-3-2-4-6-14;6-7-4-3-5-1-2-5/h7-8H,2-6,9H2,1H3;5H,1-4H2. The molecule has 3 rings (SSSR count). The molecule has 2 fully saturated rings. The topological polar surface area (TPSA) is 38.2 Å². The van der Waals surface area contributed by atoms with Gasteiger partial charge >= 0.3 is 0 Å². The van der Waals surface area contributed by atoms with Crippen LogP contribution < -0.4 is 4.90 Å². The fraction of sp³-hybridized carbons (Fsp3) is 0.750. The summed E-state index contributed by atoms with van der Waals surface area (Å²) in [6.45, 7) is 2.76. The summed E-state index contributed by atoms with van der Waals surface area (Å²) in [5.74, 6) is 3.35. The minimum Gasteiger partial charge on any atom is -0.380 e. The molecule has 22 heavy (non-hydrogen) atoms. The SMILES string of the molecule is COCc1cnc(N2CCCCC2)nc1.ISCCC1CC1. The second kappa shape index (κ2) is 10.6. The molecule has 0 spiro atoms. The van der Waals surface area contributed by atoms with Gasteiger partial charge in [0.1, 0.15) is 0 Å². The van der Waals surface area contributed by atoms with Crippen LogP contribution in [-0.4, -0.2) is 35.9 Å². The van der Waals surface area contributed by atoms with Crippen LogP contribution in [0.5, 0.6) is 0 Å². The molecule has 1 saturated carbocycles. The summed E-state index contributed by atoms with van der Waals surface area (Å²) < 4.78 is 5.02. The average molecular weight is 435 g/mol. The van der Waals surface area contributed by atoms with Crippen molar-refractivity contribution < 1.29 is 4.74 Å². The van der Waals surface area contributed by atoms with Crippen molar-refractivity contribution in [1.29, 1.82) is 0 Å². The Morgan fingerprint density at radius 3 is 2.45 bits per heavy atom. The van der Waals surface area contributed by atoms with Crippen LogP contribution in [0.3, 0.4) is 0 Å². The number of nitrogens with zero attached hydrogens (tertiary/aromatic N) is 3. The van der Waals surface area contributed by atoms with Crippen molar-refractivity contribution in [3.63, 3.8) is 0 Å². The van der Waals surface area contributed by atoms with Crippen molar-refractivity contribution in [1.82, 2.24) is 9.97 Å². The van der Waals surface area contributed by atoms with E-state index < -0.39 is 0 Å². The molecule has 0 unspecified atom stereocenters. The first-order chi connectivity index (χ1) is 10.8. The Hall–Kier alpha value is -0.0800. The van der Waals surface area contributed by atoms with Gasteiger partial charge in [0, 0.05) is 43.9 Å². The number of halogens is 1. The highest BCUT2D eigenvalue weighted by molar-refractivity contribution is 14.2. The van der Waals surface area contributed by atoms with E-state index in [0.717, 1.165) is 30.5 Å². The molecule has 0 N–H and O–H groups in total. The summed E-state index contributed by atoms with van der Waals surface area (Å²) in [6.07, 6.45) is 12.0. The molecule has 0 aromatic carbocycles. The van der Waals surface area contributed by atoms with Crippen molar-refractivity contribution in [2.24, 2.45) is 5.92 Å². The van der Waals surface area contributed by atoms with Gasteiger partial charge in [-0.1, -0.05) is 21.8 Å². The highest BCUT2D eigenvalue weighted by atomic mass is 127. The van der Waals surface area contributed by atoms with Gasteiger partial charge in [-0.3, -0.25) is 0 Å². The van der Waals surface area contributed by atoms with Crippen molar-refractivity contribution in [3.8, 4) is 0 Å². The van der Waals surface area contributed by atoms with Gasteiger partial charge in [-0.25, -0.2) is 9.97 Å². The van der Waals surface area contributed by atoms with Gasteiger partial charge < -0.3 is 9.64 Å². The summed E-state index contributed by atoms with van der Waals surface area (Å²) in [7, 11) is 3.62. The van der Waals surface area contributed by atoms with Crippen molar-refractivity contribution in [2.45, 2.75) is 45.1 Å². The highest BCUT2D eigenvalue weighted by Crippen LogP contribution is 2.34. The summed E-state index contributed by atoms with van der Waals surface area (Å²) in [5.41, 5.74) is 1.03. The van der Waals surface area contributed by atoms with Crippen LogP contribution in [0.4, 0.5) is 5.95 Å². The van der Waals surface area contributed by atoms with Gasteiger partial charge in [0.05, 0.1) is 6.61 Å². The van der Waals surface area contributed by atoms with Crippen LogP contribution >= 0.6 is 30.1 Å². The Kier molecular flexibility index (Phi) is 8.84. The number of hydrogen-bond acceptors (Lipinski definition) is 5. The van der Waals surface area contributed by atoms with Crippen LogP contribution in [0.1, 0.15) is 44.1 Å². The molecule has 1 aromatic rings. The maximum atomic E-state index is 5.02. The Morgan fingerprint density at radius 1 is 1.23 bits per heavy atom. The van der Waals surface area contributed by atoms with E-state index in [1.807, 2.05) is 21.3 Å². The van der Waals surface area contributed by atoms with Gasteiger partial charge in [0.25, 0.3) is 0 Å². The molecule has 0 atom stereocenters. The molecule has 0 radical (unpaired) electrons. The van der Waals surface area contributed by atoms with Crippen LogP contribution in [0.15, 0.2) is 12.4 Å². The number of anilines is 1. The summed E-state index contributed by atoms with van der Waals surface area (Å²) in [4.78, 5) is 11.0. The number of ether oxygens (including phenoxy) is 1. The molecule has 1 aliphatic heterocycles. The van der Waals surface area contributed by atoms with Crippen LogP contribution in [-0.2, 0) is 11.3 Å². The molecule has 2 heterocycles. The monoisotopic (exact) mass is 435 g/mol. The maximum absolute atomic E-state index is 5.02. The van der Waals surface area contributed by atoms with Crippen molar-refractivity contribution in [3.05, 3.63) is 18.0 Å². The molecule has 124 valence electrons. The third-order valence-electron chi connectivity index (χ3n) is 3.94. The molecule has 1 saturated heterocycles. The summed E-state index contributed by atoms with van der Waals surface area (Å²) >= 11 is 2.37. The maximum Gasteiger partial charge on any atom is 0.225 e. The smallest absolute Gasteiger partial charge is 0.225 e. The van der Waals surface area contributed by atoms with E-state index in [9.17, 15) is 0 Å². The lowest BCUT2D eigenvalue weighted by Gasteiger charge is -2.26. The van der Waals surface area contributed by atoms with Crippen LogP contribution in [0.2, 0.25) is 0 Å². The van der Waals surface area contributed by atoms with E-state index in [1.165, 1.54) is 44.3 Å². The number of hydrogen-bond donors (Lipinski definition) is 0. The molecule has 6 heteroatoms. The lowest BCUT2D eigenvalue weighted by molar-refractivity contribution is 0.184. The molecule has 0 bridgehead atoms. The lowest BCUT2D eigenvalue weighted by atomic mass is 10.1. The second-order valence-corrected chi connectivity index (χ2v) is 8.41. The fourth-order valence-corrected chi connectivity index (χ4v) is 3.65. The number of rotatable bonds is 6. The average Bonchev–Trinajstić information content (AvgIpc) is 3.40. The van der Waals surface area contributed by atoms with Crippen LogP contribution in [0, 0.1) is 5.92 Å². The van der Waals surface area contributed by atoms with Crippen LogP contribution in [0.25, 0.3) is 0 Å². The molecular formula is C16H26IN3OS. The Balaban J connectivity index is 0.000000211. The minimum atomic E-state index is 0.584. The molecular weight excluding hydrogens is 409 g/mol. The minimum absolute atomic E-state index is 0.584. The van der Waals surface area contributed by atoms with E-state index in [2.05, 4.69) is 36.1 Å². The number of methoxy groups -OCH3 is 1. The Bertz CT molecular complexity index is 408. The van der Waals surface area contributed by atoms with Gasteiger partial charge in [0.2, 0.25) is 5.95 Å². The zero-order valence-electron chi connectivity index (χ0n) is 13.3. The summed E-state index contributed by atoms with van der Waals surface area (Å²) in [6, 6.07) is 0. The van der Waals surface area contributed by atoms with E-state index >= 15 is 0 Å². The predicted molar refractivity (Wildman–Crippen MR) is 103 cm³/mol. The first-order valence-electron chi connectivity index (χ1n) is 8.12.